The normalized spacial score (nSPS) is 13.4. The highest BCUT2D eigenvalue weighted by Gasteiger charge is 2.25. The number of rotatable bonds is 8. The fraction of sp³-hybridized carbons (Fsp3) is 0.368. The van der Waals surface area contributed by atoms with E-state index in [1.807, 2.05) is 30.3 Å². The molecule has 8 heteroatoms. The Hall–Kier alpha value is -3.00. The van der Waals surface area contributed by atoms with Crippen LogP contribution in [0.1, 0.15) is 31.0 Å². The van der Waals surface area contributed by atoms with E-state index >= 15 is 0 Å². The van der Waals surface area contributed by atoms with Gasteiger partial charge in [-0.1, -0.05) is 35.5 Å². The van der Waals surface area contributed by atoms with Crippen molar-refractivity contribution >= 4 is 0 Å². The van der Waals surface area contributed by atoms with E-state index in [-0.39, 0.29) is 0 Å². The van der Waals surface area contributed by atoms with Gasteiger partial charge in [0.05, 0.1) is 18.4 Å². The highest BCUT2D eigenvalue weighted by atomic mass is 16.3. The van der Waals surface area contributed by atoms with Crippen LogP contribution in [0, 0.1) is 0 Å². The van der Waals surface area contributed by atoms with E-state index in [9.17, 15) is 14.7 Å². The maximum Gasteiger partial charge on any atom is 0.328 e. The minimum absolute atomic E-state index is 0.311. The molecule has 2 aromatic heterocycles. The number of H-pyrrole nitrogens is 1. The molecule has 1 atom stereocenters. The molecular formula is C19H23N5O3. The molecule has 0 saturated heterocycles. The third-order valence-electron chi connectivity index (χ3n) is 4.53. The lowest BCUT2D eigenvalue weighted by Gasteiger charge is -2.24. The van der Waals surface area contributed by atoms with Crippen molar-refractivity contribution in [2.75, 3.05) is 0 Å². The summed E-state index contributed by atoms with van der Waals surface area (Å²) in [7, 11) is 0. The van der Waals surface area contributed by atoms with E-state index in [0.29, 0.717) is 13.1 Å². The van der Waals surface area contributed by atoms with Crippen LogP contribution < -0.4 is 11.2 Å². The first-order valence-corrected chi connectivity index (χ1v) is 8.91. The lowest BCUT2D eigenvalue weighted by Crippen LogP contribution is -2.29. The monoisotopic (exact) mass is 369 g/mol. The SMILES string of the molecule is C[C@@](O)(Cn1nncc1CCCCn1ccc(=O)[nH]c1=O)c1ccccc1. The molecule has 0 aliphatic carbocycles. The summed E-state index contributed by atoms with van der Waals surface area (Å²) in [5.74, 6) is 0. The van der Waals surface area contributed by atoms with Gasteiger partial charge in [0.2, 0.25) is 0 Å². The van der Waals surface area contributed by atoms with Crippen LogP contribution in [0.15, 0.2) is 58.4 Å². The summed E-state index contributed by atoms with van der Waals surface area (Å²) in [6, 6.07) is 10.8. The molecule has 3 rings (SSSR count). The summed E-state index contributed by atoms with van der Waals surface area (Å²) in [6.07, 6.45) is 5.53. The van der Waals surface area contributed by atoms with E-state index in [1.165, 1.54) is 16.8 Å². The van der Waals surface area contributed by atoms with Gasteiger partial charge >= 0.3 is 5.69 Å². The summed E-state index contributed by atoms with van der Waals surface area (Å²) in [5.41, 5.74) is -0.0823. The van der Waals surface area contributed by atoms with Crippen molar-refractivity contribution in [3.05, 3.63) is 80.9 Å². The second-order valence-electron chi connectivity index (χ2n) is 6.78. The molecule has 0 saturated carbocycles. The fourth-order valence-electron chi connectivity index (χ4n) is 2.99. The van der Waals surface area contributed by atoms with Gasteiger partial charge in [-0.3, -0.25) is 9.78 Å². The Morgan fingerprint density at radius 2 is 1.93 bits per heavy atom. The number of aliphatic hydroxyl groups is 1. The number of benzene rings is 1. The van der Waals surface area contributed by atoms with Crippen LogP contribution in [-0.4, -0.2) is 29.7 Å². The standard InChI is InChI=1S/C19H23N5O3/c1-19(27,15-7-3-2-4-8-15)14-24-16(13-20-22-24)9-5-6-11-23-12-10-17(25)21-18(23)26/h2-4,7-8,10,12-13,27H,5-6,9,11,14H2,1H3,(H,21,25,26)/t19-/m1/s1. The van der Waals surface area contributed by atoms with Crippen molar-refractivity contribution < 1.29 is 5.11 Å². The molecule has 0 aliphatic rings. The first-order chi connectivity index (χ1) is 13.0. The van der Waals surface area contributed by atoms with E-state index in [1.54, 1.807) is 17.8 Å². The zero-order valence-corrected chi connectivity index (χ0v) is 15.2. The van der Waals surface area contributed by atoms with E-state index in [4.69, 9.17) is 0 Å². The number of unbranched alkanes of at least 4 members (excludes halogenated alkanes) is 1. The molecule has 0 fully saturated rings. The molecule has 27 heavy (non-hydrogen) atoms. The Morgan fingerprint density at radius 3 is 2.67 bits per heavy atom. The van der Waals surface area contributed by atoms with Gasteiger partial charge < -0.3 is 9.67 Å². The molecule has 1 aromatic carbocycles. The Labute approximate surface area is 156 Å². The van der Waals surface area contributed by atoms with Crippen LogP contribution >= 0.6 is 0 Å². The molecule has 142 valence electrons. The minimum Gasteiger partial charge on any atom is -0.384 e. The number of aryl methyl sites for hydroxylation is 2. The average molecular weight is 369 g/mol. The van der Waals surface area contributed by atoms with Gasteiger partial charge in [-0.15, -0.1) is 5.10 Å². The number of hydrogen-bond acceptors (Lipinski definition) is 5. The second-order valence-corrected chi connectivity index (χ2v) is 6.78. The maximum atomic E-state index is 11.7. The molecule has 0 spiro atoms. The molecule has 0 radical (unpaired) electrons. The number of hydrogen-bond donors (Lipinski definition) is 2. The number of nitrogens with one attached hydrogen (secondary N) is 1. The lowest BCUT2D eigenvalue weighted by molar-refractivity contribution is 0.0332. The first kappa shape index (κ1) is 18.8. The van der Waals surface area contributed by atoms with E-state index in [0.717, 1.165) is 30.5 Å². The molecule has 2 heterocycles. The molecule has 0 aliphatic heterocycles. The van der Waals surface area contributed by atoms with Gasteiger partial charge in [0.15, 0.2) is 0 Å². The van der Waals surface area contributed by atoms with Gasteiger partial charge in [-0.25, -0.2) is 9.48 Å². The van der Waals surface area contributed by atoms with Crippen LogP contribution in [0.25, 0.3) is 0 Å². The molecule has 0 amide bonds. The van der Waals surface area contributed by atoms with Gasteiger partial charge in [0.25, 0.3) is 5.56 Å². The van der Waals surface area contributed by atoms with Crippen LogP contribution in [-0.2, 0) is 25.1 Å². The number of nitrogens with zero attached hydrogens (tertiary/aromatic N) is 4. The van der Waals surface area contributed by atoms with Crippen molar-refractivity contribution in [3.63, 3.8) is 0 Å². The summed E-state index contributed by atoms with van der Waals surface area (Å²) in [6.45, 7) is 2.60. The van der Waals surface area contributed by atoms with Crippen molar-refractivity contribution in [1.82, 2.24) is 24.5 Å². The van der Waals surface area contributed by atoms with Crippen LogP contribution in [0.3, 0.4) is 0 Å². The molecule has 8 nitrogen and oxygen atoms in total. The predicted molar refractivity (Wildman–Crippen MR) is 100 cm³/mol. The predicted octanol–water partition coefficient (Wildman–Crippen LogP) is 1.06. The third-order valence-corrected chi connectivity index (χ3v) is 4.53. The Morgan fingerprint density at radius 1 is 1.15 bits per heavy atom. The van der Waals surface area contributed by atoms with Gasteiger partial charge in [-0.05, 0) is 31.7 Å². The summed E-state index contributed by atoms with van der Waals surface area (Å²) < 4.78 is 3.20. The Kier molecular flexibility index (Phi) is 5.66. The third kappa shape index (κ3) is 4.79. The Bertz CT molecular complexity index is 988. The minimum atomic E-state index is -1.05. The fourth-order valence-corrected chi connectivity index (χ4v) is 2.99. The molecular weight excluding hydrogens is 346 g/mol. The van der Waals surface area contributed by atoms with Crippen molar-refractivity contribution in [2.24, 2.45) is 0 Å². The molecule has 3 aromatic rings. The highest BCUT2D eigenvalue weighted by Crippen LogP contribution is 2.22. The van der Waals surface area contributed by atoms with E-state index in [2.05, 4.69) is 15.3 Å². The zero-order chi connectivity index (χ0) is 19.3. The number of aromatic nitrogens is 5. The zero-order valence-electron chi connectivity index (χ0n) is 15.2. The van der Waals surface area contributed by atoms with E-state index < -0.39 is 16.9 Å². The van der Waals surface area contributed by atoms with Crippen LogP contribution in [0.5, 0.6) is 0 Å². The molecule has 0 bridgehead atoms. The quantitative estimate of drug-likeness (QED) is 0.578. The smallest absolute Gasteiger partial charge is 0.328 e. The largest absolute Gasteiger partial charge is 0.384 e. The van der Waals surface area contributed by atoms with Crippen molar-refractivity contribution in [3.8, 4) is 0 Å². The van der Waals surface area contributed by atoms with Crippen molar-refractivity contribution in [2.45, 2.75) is 44.9 Å². The molecule has 0 unspecified atom stereocenters. The first-order valence-electron chi connectivity index (χ1n) is 8.91. The summed E-state index contributed by atoms with van der Waals surface area (Å²) >= 11 is 0. The van der Waals surface area contributed by atoms with Gasteiger partial charge in [0, 0.05) is 18.8 Å². The summed E-state index contributed by atoms with van der Waals surface area (Å²) in [5, 5.41) is 18.9. The highest BCUT2D eigenvalue weighted by molar-refractivity contribution is 5.21. The topological polar surface area (TPSA) is 106 Å². The molecule has 2 N–H and O–H groups in total. The van der Waals surface area contributed by atoms with Gasteiger partial charge in [-0.2, -0.15) is 0 Å². The van der Waals surface area contributed by atoms with Crippen LogP contribution in [0.4, 0.5) is 0 Å². The van der Waals surface area contributed by atoms with Crippen molar-refractivity contribution in [1.29, 1.82) is 0 Å². The summed E-state index contributed by atoms with van der Waals surface area (Å²) in [4.78, 5) is 25.0. The lowest BCUT2D eigenvalue weighted by atomic mass is 9.96. The average Bonchev–Trinajstić information content (AvgIpc) is 3.07. The Balaban J connectivity index is 1.57. The van der Waals surface area contributed by atoms with Crippen LogP contribution in [0.2, 0.25) is 0 Å². The second kappa shape index (κ2) is 8.13. The number of aromatic amines is 1. The maximum absolute atomic E-state index is 11.7. The van der Waals surface area contributed by atoms with Gasteiger partial charge in [0.1, 0.15) is 5.60 Å².